The van der Waals surface area contributed by atoms with Gasteiger partial charge in [0.05, 0.1) is 11.0 Å². The van der Waals surface area contributed by atoms with Gasteiger partial charge in [-0.25, -0.2) is 0 Å². The van der Waals surface area contributed by atoms with E-state index in [1.165, 1.54) is 37.0 Å². The summed E-state index contributed by atoms with van der Waals surface area (Å²) in [5.41, 5.74) is 3.63. The zero-order chi connectivity index (χ0) is 13.7. The summed E-state index contributed by atoms with van der Waals surface area (Å²) in [6, 6.07) is 6.36. The molecule has 1 aromatic heterocycles. The quantitative estimate of drug-likeness (QED) is 0.717. The molecule has 0 bridgehead atoms. The minimum absolute atomic E-state index is 0. The highest BCUT2D eigenvalue weighted by atomic mass is 79.9. The Hall–Kier alpha value is -0.650. The van der Waals surface area contributed by atoms with Crippen LogP contribution >= 0.6 is 29.2 Å². The molecule has 0 spiro atoms. The molecular formula is C15H24BrN3S. The van der Waals surface area contributed by atoms with E-state index in [1.807, 2.05) is 0 Å². The van der Waals surface area contributed by atoms with E-state index in [0.717, 1.165) is 18.5 Å². The van der Waals surface area contributed by atoms with Crippen molar-refractivity contribution in [2.24, 2.45) is 0 Å². The van der Waals surface area contributed by atoms with Crippen LogP contribution in [0.15, 0.2) is 18.2 Å². The molecule has 0 unspecified atom stereocenters. The average molecular weight is 358 g/mol. The Morgan fingerprint density at radius 3 is 2.40 bits per heavy atom. The van der Waals surface area contributed by atoms with E-state index in [4.69, 9.17) is 12.2 Å². The van der Waals surface area contributed by atoms with Crippen molar-refractivity contribution in [1.82, 2.24) is 14.9 Å². The molecule has 2 rings (SSSR count). The van der Waals surface area contributed by atoms with E-state index < -0.39 is 0 Å². The van der Waals surface area contributed by atoms with E-state index >= 15 is 0 Å². The van der Waals surface area contributed by atoms with Crippen molar-refractivity contribution in [2.45, 2.75) is 33.1 Å². The summed E-state index contributed by atoms with van der Waals surface area (Å²) < 4.78 is 0.710. The zero-order valence-corrected chi connectivity index (χ0v) is 14.8. The van der Waals surface area contributed by atoms with E-state index in [1.54, 1.807) is 0 Å². The Morgan fingerprint density at radius 1 is 1.05 bits per heavy atom. The summed E-state index contributed by atoms with van der Waals surface area (Å²) in [6.45, 7) is 7.98. The van der Waals surface area contributed by atoms with Crippen molar-refractivity contribution >= 4 is 40.2 Å². The minimum atomic E-state index is 0. The summed E-state index contributed by atoms with van der Waals surface area (Å²) in [6.07, 6.45) is 3.51. The number of aromatic amines is 2. The number of para-hydroxylation sites is 1. The van der Waals surface area contributed by atoms with Gasteiger partial charge in [0.1, 0.15) is 0 Å². The average Bonchev–Trinajstić information content (AvgIpc) is 2.77. The first-order valence-electron chi connectivity index (χ1n) is 7.16. The molecule has 5 heteroatoms. The highest BCUT2D eigenvalue weighted by Crippen LogP contribution is 2.16. The van der Waals surface area contributed by atoms with Crippen molar-refractivity contribution < 1.29 is 0 Å². The van der Waals surface area contributed by atoms with Crippen LogP contribution in [0.1, 0.15) is 32.3 Å². The summed E-state index contributed by atoms with van der Waals surface area (Å²) in [5, 5.41) is 0. The summed E-state index contributed by atoms with van der Waals surface area (Å²) in [4.78, 5) is 8.98. The lowest BCUT2D eigenvalue weighted by atomic mass is 10.1. The number of fused-ring (bicyclic) bond motifs is 1. The molecule has 0 saturated heterocycles. The van der Waals surface area contributed by atoms with Gasteiger partial charge >= 0.3 is 0 Å². The maximum absolute atomic E-state index is 5.17. The van der Waals surface area contributed by atoms with Gasteiger partial charge in [0.2, 0.25) is 0 Å². The van der Waals surface area contributed by atoms with Crippen LogP contribution in [-0.2, 0) is 6.42 Å². The summed E-state index contributed by atoms with van der Waals surface area (Å²) >= 11 is 5.17. The van der Waals surface area contributed by atoms with Gasteiger partial charge in [0, 0.05) is 6.54 Å². The van der Waals surface area contributed by atoms with Crippen LogP contribution in [0, 0.1) is 4.77 Å². The molecule has 0 radical (unpaired) electrons. The summed E-state index contributed by atoms with van der Waals surface area (Å²) in [5.74, 6) is 0. The molecule has 0 amide bonds. The van der Waals surface area contributed by atoms with Crippen molar-refractivity contribution in [3.8, 4) is 0 Å². The standard InChI is InChI=1S/C15H23N3S.BrH/c1-3-9-18(10-4-2)11-8-12-6-5-7-13-14(12)17-15(19)16-13;/h5-7H,3-4,8-11H2,1-2H3,(H2,16,17,19);1H. The van der Waals surface area contributed by atoms with Gasteiger partial charge in [-0.05, 0) is 56.2 Å². The van der Waals surface area contributed by atoms with Gasteiger partial charge in [0.15, 0.2) is 4.77 Å². The van der Waals surface area contributed by atoms with Crippen LogP contribution in [-0.4, -0.2) is 34.5 Å². The number of halogens is 1. The number of benzene rings is 1. The molecule has 0 fully saturated rings. The first-order chi connectivity index (χ1) is 9.24. The topological polar surface area (TPSA) is 34.8 Å². The minimum Gasteiger partial charge on any atom is -0.331 e. The highest BCUT2D eigenvalue weighted by Gasteiger charge is 2.06. The fraction of sp³-hybridized carbons (Fsp3) is 0.533. The molecule has 2 N–H and O–H groups in total. The van der Waals surface area contributed by atoms with Gasteiger partial charge in [-0.15, -0.1) is 17.0 Å². The molecule has 3 nitrogen and oxygen atoms in total. The third kappa shape index (κ3) is 4.43. The number of nitrogens with one attached hydrogen (secondary N) is 2. The fourth-order valence-electron chi connectivity index (χ4n) is 2.57. The molecule has 2 aromatic rings. The maximum Gasteiger partial charge on any atom is 0.175 e. The van der Waals surface area contributed by atoms with Crippen LogP contribution in [0.2, 0.25) is 0 Å². The van der Waals surface area contributed by atoms with Gasteiger partial charge in [-0.3, -0.25) is 0 Å². The Morgan fingerprint density at radius 2 is 1.75 bits per heavy atom. The number of rotatable bonds is 7. The van der Waals surface area contributed by atoms with E-state index in [0.29, 0.717) is 4.77 Å². The van der Waals surface area contributed by atoms with Crippen molar-refractivity contribution in [2.75, 3.05) is 19.6 Å². The lowest BCUT2D eigenvalue weighted by Gasteiger charge is -2.20. The predicted octanol–water partition coefficient (Wildman–Crippen LogP) is 4.47. The first-order valence-corrected chi connectivity index (χ1v) is 7.57. The predicted molar refractivity (Wildman–Crippen MR) is 94.5 cm³/mol. The number of nitrogens with zero attached hydrogens (tertiary/aromatic N) is 1. The van der Waals surface area contributed by atoms with Crippen LogP contribution < -0.4 is 0 Å². The molecule has 0 aliphatic heterocycles. The zero-order valence-electron chi connectivity index (χ0n) is 12.2. The normalized spacial score (nSPS) is 10.9. The van der Waals surface area contributed by atoms with Crippen LogP contribution in [0.25, 0.3) is 11.0 Å². The van der Waals surface area contributed by atoms with Crippen molar-refractivity contribution in [3.05, 3.63) is 28.5 Å². The Bertz CT molecular complexity index is 570. The van der Waals surface area contributed by atoms with Gasteiger partial charge in [0.25, 0.3) is 0 Å². The van der Waals surface area contributed by atoms with E-state index in [2.05, 4.69) is 46.9 Å². The Kier molecular flexibility index (Phi) is 7.48. The number of imidazole rings is 1. The third-order valence-electron chi connectivity index (χ3n) is 3.41. The monoisotopic (exact) mass is 357 g/mol. The molecule has 1 heterocycles. The lowest BCUT2D eigenvalue weighted by molar-refractivity contribution is 0.278. The number of hydrogen-bond donors (Lipinski definition) is 2. The summed E-state index contributed by atoms with van der Waals surface area (Å²) in [7, 11) is 0. The van der Waals surface area contributed by atoms with Crippen LogP contribution in [0.5, 0.6) is 0 Å². The molecule has 0 saturated carbocycles. The largest absolute Gasteiger partial charge is 0.331 e. The molecule has 0 aliphatic rings. The second-order valence-corrected chi connectivity index (χ2v) is 5.42. The number of hydrogen-bond acceptors (Lipinski definition) is 2. The second-order valence-electron chi connectivity index (χ2n) is 5.01. The van der Waals surface area contributed by atoms with Crippen molar-refractivity contribution in [3.63, 3.8) is 0 Å². The van der Waals surface area contributed by atoms with Crippen LogP contribution in [0.3, 0.4) is 0 Å². The fourth-order valence-corrected chi connectivity index (χ4v) is 2.79. The van der Waals surface area contributed by atoms with E-state index in [-0.39, 0.29) is 17.0 Å². The smallest absolute Gasteiger partial charge is 0.175 e. The first kappa shape index (κ1) is 17.4. The van der Waals surface area contributed by atoms with E-state index in [9.17, 15) is 0 Å². The number of H-pyrrole nitrogens is 2. The molecule has 20 heavy (non-hydrogen) atoms. The number of aromatic nitrogens is 2. The SMILES string of the molecule is Br.CCCN(CCC)CCc1cccc2[nH]c(=S)[nH]c12. The molecule has 0 aliphatic carbocycles. The molecule has 0 atom stereocenters. The molecule has 1 aromatic carbocycles. The second kappa shape index (κ2) is 8.60. The highest BCUT2D eigenvalue weighted by molar-refractivity contribution is 8.93. The van der Waals surface area contributed by atoms with Gasteiger partial charge < -0.3 is 14.9 Å². The maximum atomic E-state index is 5.17. The lowest BCUT2D eigenvalue weighted by Crippen LogP contribution is -2.27. The van der Waals surface area contributed by atoms with Crippen molar-refractivity contribution in [1.29, 1.82) is 0 Å². The van der Waals surface area contributed by atoms with Crippen LogP contribution in [0.4, 0.5) is 0 Å². The molecular weight excluding hydrogens is 334 g/mol. The Labute approximate surface area is 136 Å². The van der Waals surface area contributed by atoms with Gasteiger partial charge in [-0.1, -0.05) is 26.0 Å². The Balaban J connectivity index is 0.00000200. The third-order valence-corrected chi connectivity index (χ3v) is 3.62. The molecule has 112 valence electrons. The van der Waals surface area contributed by atoms with Gasteiger partial charge in [-0.2, -0.15) is 0 Å².